The maximum atomic E-state index is 12.3. The van der Waals surface area contributed by atoms with E-state index in [1.54, 1.807) is 18.2 Å². The molecule has 6 heteroatoms. The number of imidazole rings is 1. The van der Waals surface area contributed by atoms with E-state index in [0.717, 1.165) is 12.1 Å². The average Bonchev–Trinajstić information content (AvgIpc) is 2.88. The number of hydrogen-bond donors (Lipinski definition) is 0. The Morgan fingerprint density at radius 2 is 2.04 bits per heavy atom. The Morgan fingerprint density at radius 1 is 1.17 bits per heavy atom. The maximum absolute atomic E-state index is 12.3. The number of carbonyl (C=O) groups is 1. The molecule has 0 spiro atoms. The van der Waals surface area contributed by atoms with Gasteiger partial charge >= 0.3 is 5.97 Å². The molecule has 0 atom stereocenters. The van der Waals surface area contributed by atoms with Crippen molar-refractivity contribution in [1.82, 2.24) is 9.38 Å². The zero-order valence-corrected chi connectivity index (χ0v) is 13.0. The van der Waals surface area contributed by atoms with Crippen molar-refractivity contribution < 1.29 is 19.0 Å². The molecule has 0 saturated heterocycles. The molecule has 0 unspecified atom stereocenters. The van der Waals surface area contributed by atoms with Gasteiger partial charge in [-0.3, -0.25) is 0 Å². The molecule has 122 valence electrons. The van der Waals surface area contributed by atoms with E-state index in [2.05, 4.69) is 4.98 Å². The van der Waals surface area contributed by atoms with Crippen LogP contribution in [-0.2, 0) is 11.3 Å². The number of nitrogens with zero attached hydrogens (tertiary/aromatic N) is 2. The summed E-state index contributed by atoms with van der Waals surface area (Å²) in [6.07, 6.45) is 4.57. The van der Waals surface area contributed by atoms with Crippen LogP contribution in [0.1, 0.15) is 22.5 Å². The number of fused-ring (bicyclic) bond motifs is 2. The molecule has 0 N–H and O–H groups in total. The van der Waals surface area contributed by atoms with Gasteiger partial charge < -0.3 is 18.6 Å². The van der Waals surface area contributed by atoms with Crippen LogP contribution >= 0.6 is 0 Å². The molecule has 0 amide bonds. The van der Waals surface area contributed by atoms with Crippen LogP contribution in [0.3, 0.4) is 0 Å². The van der Waals surface area contributed by atoms with E-state index in [1.807, 2.05) is 35.0 Å². The zero-order valence-electron chi connectivity index (χ0n) is 13.0. The summed E-state index contributed by atoms with van der Waals surface area (Å²) >= 11 is 0. The summed E-state index contributed by atoms with van der Waals surface area (Å²) in [6.45, 7) is 1.31. The predicted octanol–water partition coefficient (Wildman–Crippen LogP) is 2.85. The molecule has 0 bridgehead atoms. The third kappa shape index (κ3) is 2.90. The van der Waals surface area contributed by atoms with Crippen molar-refractivity contribution in [2.75, 3.05) is 13.2 Å². The molecular formula is C18H16N2O4. The highest BCUT2D eigenvalue weighted by Gasteiger charge is 2.15. The minimum absolute atomic E-state index is 0.120. The SMILES string of the molecule is O=C(OCc1cn2ccccc2n1)c1ccc2c(c1)OCCCO2. The van der Waals surface area contributed by atoms with Crippen molar-refractivity contribution >= 4 is 11.6 Å². The summed E-state index contributed by atoms with van der Waals surface area (Å²) in [5.74, 6) is 0.821. The van der Waals surface area contributed by atoms with Gasteiger partial charge in [-0.15, -0.1) is 0 Å². The van der Waals surface area contributed by atoms with Crippen molar-refractivity contribution in [3.63, 3.8) is 0 Å². The third-order valence-corrected chi connectivity index (χ3v) is 3.75. The highest BCUT2D eigenvalue weighted by atomic mass is 16.5. The summed E-state index contributed by atoms with van der Waals surface area (Å²) in [4.78, 5) is 16.7. The second kappa shape index (κ2) is 6.23. The van der Waals surface area contributed by atoms with Crippen molar-refractivity contribution in [3.05, 3.63) is 60.0 Å². The first kappa shape index (κ1) is 14.6. The Labute approximate surface area is 138 Å². The van der Waals surface area contributed by atoms with E-state index in [0.29, 0.717) is 36.0 Å². The van der Waals surface area contributed by atoms with E-state index < -0.39 is 5.97 Å². The third-order valence-electron chi connectivity index (χ3n) is 3.75. The molecule has 6 nitrogen and oxygen atoms in total. The highest BCUT2D eigenvalue weighted by molar-refractivity contribution is 5.90. The van der Waals surface area contributed by atoms with Gasteiger partial charge in [-0.25, -0.2) is 9.78 Å². The number of carbonyl (C=O) groups excluding carboxylic acids is 1. The van der Waals surface area contributed by atoms with Crippen LogP contribution in [0.2, 0.25) is 0 Å². The Morgan fingerprint density at radius 3 is 2.92 bits per heavy atom. The summed E-state index contributed by atoms with van der Waals surface area (Å²) in [7, 11) is 0. The van der Waals surface area contributed by atoms with Crippen molar-refractivity contribution in [2.45, 2.75) is 13.0 Å². The van der Waals surface area contributed by atoms with Gasteiger partial charge in [-0.05, 0) is 30.3 Å². The lowest BCUT2D eigenvalue weighted by molar-refractivity contribution is 0.0468. The Kier molecular flexibility index (Phi) is 3.78. The zero-order chi connectivity index (χ0) is 16.4. The van der Waals surface area contributed by atoms with Crippen LogP contribution in [-0.4, -0.2) is 28.6 Å². The lowest BCUT2D eigenvalue weighted by atomic mass is 10.2. The smallest absolute Gasteiger partial charge is 0.338 e. The fourth-order valence-corrected chi connectivity index (χ4v) is 2.57. The Hall–Kier alpha value is -3.02. The van der Waals surface area contributed by atoms with Crippen molar-refractivity contribution in [2.24, 2.45) is 0 Å². The lowest BCUT2D eigenvalue weighted by Gasteiger charge is -2.09. The van der Waals surface area contributed by atoms with Gasteiger partial charge in [0.05, 0.1) is 24.5 Å². The number of rotatable bonds is 3. The molecule has 1 aromatic carbocycles. The summed E-state index contributed by atoms with van der Waals surface area (Å²) < 4.78 is 18.4. The van der Waals surface area contributed by atoms with Gasteiger partial charge in [-0.2, -0.15) is 0 Å². The highest BCUT2D eigenvalue weighted by Crippen LogP contribution is 2.30. The van der Waals surface area contributed by atoms with E-state index in [4.69, 9.17) is 14.2 Å². The van der Waals surface area contributed by atoms with Crippen LogP contribution in [0, 0.1) is 0 Å². The molecule has 24 heavy (non-hydrogen) atoms. The molecule has 2 aromatic heterocycles. The van der Waals surface area contributed by atoms with E-state index in [1.165, 1.54) is 0 Å². The summed E-state index contributed by atoms with van der Waals surface area (Å²) in [5.41, 5.74) is 1.95. The monoisotopic (exact) mass is 324 g/mol. The normalized spacial score (nSPS) is 13.5. The van der Waals surface area contributed by atoms with Crippen LogP contribution in [0.4, 0.5) is 0 Å². The largest absolute Gasteiger partial charge is 0.490 e. The minimum Gasteiger partial charge on any atom is -0.490 e. The van der Waals surface area contributed by atoms with Gasteiger partial charge in [0.15, 0.2) is 11.5 Å². The first-order valence-corrected chi connectivity index (χ1v) is 7.79. The molecule has 3 heterocycles. The average molecular weight is 324 g/mol. The van der Waals surface area contributed by atoms with Gasteiger partial charge in [-0.1, -0.05) is 6.07 Å². The molecule has 1 aliphatic rings. The molecular weight excluding hydrogens is 308 g/mol. The predicted molar refractivity (Wildman–Crippen MR) is 86.4 cm³/mol. The lowest BCUT2D eigenvalue weighted by Crippen LogP contribution is -2.06. The first-order valence-electron chi connectivity index (χ1n) is 7.79. The van der Waals surface area contributed by atoms with Crippen LogP contribution in [0.15, 0.2) is 48.8 Å². The number of aromatic nitrogens is 2. The van der Waals surface area contributed by atoms with Gasteiger partial charge in [0.25, 0.3) is 0 Å². The number of pyridine rings is 1. The van der Waals surface area contributed by atoms with Crippen molar-refractivity contribution in [3.8, 4) is 11.5 Å². The number of ether oxygens (including phenoxy) is 3. The summed E-state index contributed by atoms with van der Waals surface area (Å²) in [6, 6.07) is 10.8. The molecule has 0 fully saturated rings. The minimum atomic E-state index is -0.414. The van der Waals surface area contributed by atoms with E-state index in [9.17, 15) is 4.79 Å². The Bertz CT molecular complexity index is 855. The molecule has 0 radical (unpaired) electrons. The van der Waals surface area contributed by atoms with Crippen molar-refractivity contribution in [1.29, 1.82) is 0 Å². The fraction of sp³-hybridized carbons (Fsp3) is 0.222. The van der Waals surface area contributed by atoms with Crippen LogP contribution in [0.5, 0.6) is 11.5 Å². The summed E-state index contributed by atoms with van der Waals surface area (Å²) in [5, 5.41) is 0. The molecule has 1 aliphatic heterocycles. The standard InChI is InChI=1S/C18H16N2O4/c21-18(13-5-6-15-16(10-13)23-9-3-8-22-15)24-12-14-11-20-7-2-1-4-17(20)19-14/h1-2,4-7,10-11H,3,8-9,12H2. The second-order valence-electron chi connectivity index (χ2n) is 5.49. The van der Waals surface area contributed by atoms with Gasteiger partial charge in [0.2, 0.25) is 0 Å². The van der Waals surface area contributed by atoms with Crippen LogP contribution < -0.4 is 9.47 Å². The Balaban J connectivity index is 1.47. The first-order chi connectivity index (χ1) is 11.8. The van der Waals surface area contributed by atoms with Crippen LogP contribution in [0.25, 0.3) is 5.65 Å². The quantitative estimate of drug-likeness (QED) is 0.693. The number of esters is 1. The second-order valence-corrected chi connectivity index (χ2v) is 5.49. The molecule has 0 aliphatic carbocycles. The molecule has 4 rings (SSSR count). The molecule has 0 saturated carbocycles. The van der Waals surface area contributed by atoms with E-state index >= 15 is 0 Å². The fourth-order valence-electron chi connectivity index (χ4n) is 2.57. The van der Waals surface area contributed by atoms with E-state index in [-0.39, 0.29) is 6.61 Å². The molecule has 3 aromatic rings. The van der Waals surface area contributed by atoms with Gasteiger partial charge in [0.1, 0.15) is 12.3 Å². The number of benzene rings is 1. The topological polar surface area (TPSA) is 62.1 Å². The maximum Gasteiger partial charge on any atom is 0.338 e. The van der Waals surface area contributed by atoms with Gasteiger partial charge in [0, 0.05) is 18.8 Å². The number of hydrogen-bond acceptors (Lipinski definition) is 5.